The van der Waals surface area contributed by atoms with E-state index in [1.165, 1.54) is 0 Å². The molecule has 0 atom stereocenters. The molecule has 0 aromatic heterocycles. The summed E-state index contributed by atoms with van der Waals surface area (Å²) >= 11 is 0. The monoisotopic (exact) mass is 184 g/mol. The molecule has 0 aromatic rings. The first-order chi connectivity index (χ1) is 5.10. The number of carbonyl (C=O) groups is 1. The lowest BCUT2D eigenvalue weighted by atomic mass is 9.93. The molecule has 0 unspecified atom stereocenters. The maximum absolute atomic E-state index is 11.4. The Morgan fingerprint density at radius 3 is 1.92 bits per heavy atom. The Morgan fingerprint density at radius 1 is 1.25 bits per heavy atom. The van der Waals surface area contributed by atoms with E-state index in [0.717, 1.165) is 0 Å². The molecule has 0 amide bonds. The Hall–Kier alpha value is -0.740. The van der Waals surface area contributed by atoms with Crippen LogP contribution in [0, 0.1) is 5.41 Å². The van der Waals surface area contributed by atoms with Crippen molar-refractivity contribution in [1.29, 1.82) is 0 Å². The molecular weight excluding hydrogens is 173 g/mol. The summed E-state index contributed by atoms with van der Waals surface area (Å²) in [5.74, 6) is -1.24. The lowest BCUT2D eigenvalue weighted by Gasteiger charge is -2.16. The van der Waals surface area contributed by atoms with E-state index in [4.69, 9.17) is 0 Å². The van der Waals surface area contributed by atoms with Crippen molar-refractivity contribution in [3.63, 3.8) is 0 Å². The van der Waals surface area contributed by atoms with E-state index in [2.05, 4.69) is 4.74 Å². The quantitative estimate of drug-likeness (QED) is 0.585. The topological polar surface area (TPSA) is 26.3 Å². The molecule has 0 saturated heterocycles. The Morgan fingerprint density at radius 2 is 1.67 bits per heavy atom. The van der Waals surface area contributed by atoms with E-state index in [1.54, 1.807) is 20.8 Å². The predicted octanol–water partition coefficient (Wildman–Crippen LogP) is 2.49. The van der Waals surface area contributed by atoms with Crippen LogP contribution in [0.4, 0.5) is 13.2 Å². The van der Waals surface area contributed by atoms with E-state index >= 15 is 0 Å². The molecule has 0 rings (SSSR count). The number of hydrogen-bond donors (Lipinski definition) is 0. The lowest BCUT2D eigenvalue weighted by molar-refractivity contribution is -0.306. The summed E-state index contributed by atoms with van der Waals surface area (Å²) in [7, 11) is 0. The van der Waals surface area contributed by atoms with Crippen LogP contribution in [0.3, 0.4) is 0 Å². The molecule has 0 fully saturated rings. The molecule has 0 radical (unpaired) electrons. The van der Waals surface area contributed by atoms with Crippen molar-refractivity contribution in [2.75, 3.05) is 0 Å². The lowest BCUT2D eigenvalue weighted by Crippen LogP contribution is -2.23. The van der Waals surface area contributed by atoms with E-state index in [-0.39, 0.29) is 6.42 Å². The van der Waals surface area contributed by atoms with Gasteiger partial charge in [0.15, 0.2) is 0 Å². The van der Waals surface area contributed by atoms with Crippen LogP contribution in [0.2, 0.25) is 0 Å². The molecule has 0 aromatic carbocycles. The van der Waals surface area contributed by atoms with Crippen molar-refractivity contribution >= 4 is 5.97 Å². The standard InChI is InChI=1S/C7H11F3O2/c1-6(2,3)4-5(11)12-7(8,9)10/h4H2,1-3H3. The second-order valence-electron chi connectivity index (χ2n) is 3.66. The maximum Gasteiger partial charge on any atom is 0.575 e. The van der Waals surface area contributed by atoms with Gasteiger partial charge in [-0.2, -0.15) is 0 Å². The SMILES string of the molecule is CC(C)(C)CC(=O)OC(F)(F)F. The van der Waals surface area contributed by atoms with Crippen molar-refractivity contribution in [1.82, 2.24) is 0 Å². The van der Waals surface area contributed by atoms with Crippen LogP contribution in [0.25, 0.3) is 0 Å². The van der Waals surface area contributed by atoms with Gasteiger partial charge < -0.3 is 4.74 Å². The summed E-state index contributed by atoms with van der Waals surface area (Å²) in [5, 5.41) is 0. The van der Waals surface area contributed by atoms with Gasteiger partial charge in [-0.15, -0.1) is 13.2 Å². The van der Waals surface area contributed by atoms with Crippen molar-refractivity contribution in [3.05, 3.63) is 0 Å². The number of ether oxygens (including phenoxy) is 1. The van der Waals surface area contributed by atoms with Gasteiger partial charge >= 0.3 is 12.3 Å². The molecule has 0 heterocycles. The minimum Gasteiger partial charge on any atom is -0.373 e. The summed E-state index contributed by atoms with van der Waals surface area (Å²) in [5.41, 5.74) is -0.484. The second kappa shape index (κ2) is 3.33. The zero-order chi connectivity index (χ0) is 9.99. The van der Waals surface area contributed by atoms with Crippen molar-refractivity contribution in [2.24, 2.45) is 5.41 Å². The fourth-order valence-corrected chi connectivity index (χ4v) is 0.598. The number of alkyl halides is 3. The smallest absolute Gasteiger partial charge is 0.373 e. The van der Waals surface area contributed by atoms with E-state index < -0.39 is 17.7 Å². The zero-order valence-electron chi connectivity index (χ0n) is 7.16. The van der Waals surface area contributed by atoms with Crippen molar-refractivity contribution in [3.8, 4) is 0 Å². The molecule has 5 heteroatoms. The average molecular weight is 184 g/mol. The minimum absolute atomic E-state index is 0.244. The first kappa shape index (κ1) is 11.3. The van der Waals surface area contributed by atoms with E-state index in [1.807, 2.05) is 0 Å². The Bertz CT molecular complexity index is 148. The number of halogens is 3. The van der Waals surface area contributed by atoms with Gasteiger partial charge in [0.25, 0.3) is 0 Å². The molecule has 0 N–H and O–H groups in total. The Labute approximate surface area is 68.7 Å². The van der Waals surface area contributed by atoms with E-state index in [9.17, 15) is 18.0 Å². The highest BCUT2D eigenvalue weighted by Gasteiger charge is 2.34. The van der Waals surface area contributed by atoms with Crippen LogP contribution < -0.4 is 0 Å². The van der Waals surface area contributed by atoms with Gasteiger partial charge in [-0.3, -0.25) is 4.79 Å². The van der Waals surface area contributed by atoms with Crippen molar-refractivity contribution in [2.45, 2.75) is 33.6 Å². The van der Waals surface area contributed by atoms with Crippen LogP contribution in [-0.4, -0.2) is 12.3 Å². The largest absolute Gasteiger partial charge is 0.575 e. The molecule has 0 spiro atoms. The summed E-state index contributed by atoms with van der Waals surface area (Å²) in [4.78, 5) is 10.5. The molecule has 0 aliphatic heterocycles. The number of hydrogen-bond acceptors (Lipinski definition) is 2. The normalized spacial score (nSPS) is 12.8. The zero-order valence-corrected chi connectivity index (χ0v) is 7.16. The molecule has 0 saturated carbocycles. The van der Waals surface area contributed by atoms with E-state index in [0.29, 0.717) is 0 Å². The number of carbonyl (C=O) groups excluding carboxylic acids is 1. The van der Waals surface area contributed by atoms with Crippen LogP contribution >= 0.6 is 0 Å². The molecule has 2 nitrogen and oxygen atoms in total. The number of rotatable bonds is 1. The van der Waals surface area contributed by atoms with Crippen LogP contribution in [-0.2, 0) is 9.53 Å². The highest BCUT2D eigenvalue weighted by atomic mass is 19.4. The molecule has 0 aliphatic rings. The van der Waals surface area contributed by atoms with Crippen LogP contribution in [0.5, 0.6) is 0 Å². The fraction of sp³-hybridized carbons (Fsp3) is 0.857. The first-order valence-corrected chi connectivity index (χ1v) is 3.39. The van der Waals surface area contributed by atoms with Gasteiger partial charge in [0.2, 0.25) is 0 Å². The highest BCUT2D eigenvalue weighted by molar-refractivity contribution is 5.70. The Balaban J connectivity index is 3.92. The van der Waals surface area contributed by atoms with Crippen LogP contribution in [0.15, 0.2) is 0 Å². The molecule has 72 valence electrons. The molecular formula is C7H11F3O2. The van der Waals surface area contributed by atoms with Gasteiger partial charge in [0, 0.05) is 0 Å². The summed E-state index contributed by atoms with van der Waals surface area (Å²) in [6.45, 7) is 4.97. The predicted molar refractivity (Wildman–Crippen MR) is 36.2 cm³/mol. The van der Waals surface area contributed by atoms with Crippen molar-refractivity contribution < 1.29 is 22.7 Å². The van der Waals surface area contributed by atoms with Gasteiger partial charge in [0.1, 0.15) is 0 Å². The Kier molecular flexibility index (Phi) is 3.12. The second-order valence-corrected chi connectivity index (χ2v) is 3.66. The highest BCUT2D eigenvalue weighted by Crippen LogP contribution is 2.23. The summed E-state index contributed by atoms with van der Waals surface area (Å²) in [6, 6.07) is 0. The third kappa shape index (κ3) is 7.37. The number of esters is 1. The first-order valence-electron chi connectivity index (χ1n) is 3.39. The minimum atomic E-state index is -4.86. The van der Waals surface area contributed by atoms with Gasteiger partial charge in [0.05, 0.1) is 6.42 Å². The maximum atomic E-state index is 11.4. The average Bonchev–Trinajstić information content (AvgIpc) is 1.49. The van der Waals surface area contributed by atoms with Gasteiger partial charge in [-0.25, -0.2) is 0 Å². The third-order valence-electron chi connectivity index (χ3n) is 0.904. The van der Waals surface area contributed by atoms with Gasteiger partial charge in [-0.1, -0.05) is 20.8 Å². The summed E-state index contributed by atoms with van der Waals surface area (Å²) in [6.07, 6.45) is -5.10. The third-order valence-corrected chi connectivity index (χ3v) is 0.904. The van der Waals surface area contributed by atoms with Crippen LogP contribution in [0.1, 0.15) is 27.2 Å². The molecule has 12 heavy (non-hydrogen) atoms. The van der Waals surface area contributed by atoms with Gasteiger partial charge in [-0.05, 0) is 5.41 Å². The molecule has 0 bridgehead atoms. The fourth-order valence-electron chi connectivity index (χ4n) is 0.598. The summed E-state index contributed by atoms with van der Waals surface area (Å²) < 4.78 is 37.5. The molecule has 0 aliphatic carbocycles.